The van der Waals surface area contributed by atoms with Crippen LogP contribution in [0.3, 0.4) is 0 Å². The molecule has 0 fully saturated rings. The second kappa shape index (κ2) is 5.85. The van der Waals surface area contributed by atoms with Crippen LogP contribution in [0, 0.1) is 0 Å². The summed E-state index contributed by atoms with van der Waals surface area (Å²) in [5.41, 5.74) is 4.90. The molecule has 0 aliphatic carbocycles. The SMILES string of the molecule is CCCN[C@H](C=O)CC(N)=O. The molecule has 0 aromatic heterocycles. The minimum atomic E-state index is -0.453. The lowest BCUT2D eigenvalue weighted by molar-refractivity contribution is -0.120. The number of nitrogens with one attached hydrogen (secondary N) is 1. The van der Waals surface area contributed by atoms with Crippen molar-refractivity contribution in [2.45, 2.75) is 25.8 Å². The molecule has 0 rings (SSSR count). The van der Waals surface area contributed by atoms with Crippen LogP contribution in [-0.4, -0.2) is 24.8 Å². The van der Waals surface area contributed by atoms with Crippen LogP contribution in [-0.2, 0) is 9.59 Å². The van der Waals surface area contributed by atoms with E-state index >= 15 is 0 Å². The van der Waals surface area contributed by atoms with E-state index in [1.54, 1.807) is 0 Å². The smallest absolute Gasteiger partial charge is 0.219 e. The van der Waals surface area contributed by atoms with Gasteiger partial charge >= 0.3 is 0 Å². The van der Waals surface area contributed by atoms with Gasteiger partial charge in [0.05, 0.1) is 6.04 Å². The highest BCUT2D eigenvalue weighted by atomic mass is 16.1. The molecule has 0 unspecified atom stereocenters. The second-order valence-electron chi connectivity index (χ2n) is 2.37. The summed E-state index contributed by atoms with van der Waals surface area (Å²) in [6, 6.07) is -0.410. The van der Waals surface area contributed by atoms with Gasteiger partial charge in [0.2, 0.25) is 5.91 Å². The maximum Gasteiger partial charge on any atom is 0.219 e. The molecule has 0 aromatic rings. The van der Waals surface area contributed by atoms with Crippen LogP contribution in [0.5, 0.6) is 0 Å². The van der Waals surface area contributed by atoms with Crippen LogP contribution < -0.4 is 11.1 Å². The lowest BCUT2D eigenvalue weighted by atomic mass is 10.2. The van der Waals surface area contributed by atoms with Gasteiger partial charge in [-0.05, 0) is 13.0 Å². The van der Waals surface area contributed by atoms with Gasteiger partial charge in [0.25, 0.3) is 0 Å². The van der Waals surface area contributed by atoms with E-state index in [9.17, 15) is 9.59 Å². The summed E-state index contributed by atoms with van der Waals surface area (Å²) >= 11 is 0. The van der Waals surface area contributed by atoms with Crippen LogP contribution in [0.15, 0.2) is 0 Å². The largest absolute Gasteiger partial charge is 0.370 e. The lowest BCUT2D eigenvalue weighted by Crippen LogP contribution is -2.35. The van der Waals surface area contributed by atoms with E-state index in [1.807, 2.05) is 6.92 Å². The lowest BCUT2D eigenvalue weighted by Gasteiger charge is -2.08. The molecular weight excluding hydrogens is 144 g/mol. The number of rotatable bonds is 6. The maximum atomic E-state index is 10.4. The van der Waals surface area contributed by atoms with E-state index in [1.165, 1.54) is 0 Å². The molecule has 0 saturated carbocycles. The predicted molar refractivity (Wildman–Crippen MR) is 42.0 cm³/mol. The number of carbonyl (C=O) groups is 2. The van der Waals surface area contributed by atoms with Gasteiger partial charge < -0.3 is 15.8 Å². The summed E-state index contributed by atoms with van der Waals surface area (Å²) in [5.74, 6) is -0.453. The maximum absolute atomic E-state index is 10.4. The molecule has 0 saturated heterocycles. The van der Waals surface area contributed by atoms with E-state index in [0.29, 0.717) is 6.29 Å². The van der Waals surface area contributed by atoms with Gasteiger partial charge in [0, 0.05) is 6.42 Å². The number of nitrogens with two attached hydrogens (primary N) is 1. The Balaban J connectivity index is 3.57. The highest BCUT2D eigenvalue weighted by Gasteiger charge is 2.08. The zero-order valence-electron chi connectivity index (χ0n) is 6.67. The van der Waals surface area contributed by atoms with Gasteiger partial charge in [-0.1, -0.05) is 6.92 Å². The van der Waals surface area contributed by atoms with Crippen molar-refractivity contribution in [2.24, 2.45) is 5.73 Å². The van der Waals surface area contributed by atoms with E-state index < -0.39 is 11.9 Å². The number of aldehydes is 1. The molecule has 11 heavy (non-hydrogen) atoms. The Kier molecular flexibility index (Phi) is 5.37. The van der Waals surface area contributed by atoms with E-state index in [4.69, 9.17) is 5.73 Å². The van der Waals surface area contributed by atoms with Crippen LogP contribution in [0.25, 0.3) is 0 Å². The summed E-state index contributed by atoms with van der Waals surface area (Å²) in [5, 5.41) is 2.88. The highest BCUT2D eigenvalue weighted by molar-refractivity contribution is 5.78. The zero-order valence-corrected chi connectivity index (χ0v) is 6.67. The van der Waals surface area contributed by atoms with Crippen molar-refractivity contribution >= 4 is 12.2 Å². The van der Waals surface area contributed by atoms with E-state index in [-0.39, 0.29) is 6.42 Å². The van der Waals surface area contributed by atoms with Gasteiger partial charge in [-0.2, -0.15) is 0 Å². The first-order valence-electron chi connectivity index (χ1n) is 3.67. The van der Waals surface area contributed by atoms with Gasteiger partial charge in [0.1, 0.15) is 6.29 Å². The molecule has 3 N–H and O–H groups in total. The molecule has 1 amide bonds. The number of carbonyl (C=O) groups excluding carboxylic acids is 2. The third-order valence-corrected chi connectivity index (χ3v) is 1.24. The molecule has 4 heteroatoms. The monoisotopic (exact) mass is 158 g/mol. The van der Waals surface area contributed by atoms with Crippen molar-refractivity contribution in [3.05, 3.63) is 0 Å². The van der Waals surface area contributed by atoms with E-state index in [0.717, 1.165) is 13.0 Å². The summed E-state index contributed by atoms with van der Waals surface area (Å²) in [7, 11) is 0. The third-order valence-electron chi connectivity index (χ3n) is 1.24. The van der Waals surface area contributed by atoms with Crippen LogP contribution in [0.1, 0.15) is 19.8 Å². The first-order chi connectivity index (χ1) is 5.20. The highest BCUT2D eigenvalue weighted by Crippen LogP contribution is 1.86. The molecule has 0 bridgehead atoms. The van der Waals surface area contributed by atoms with Gasteiger partial charge in [-0.15, -0.1) is 0 Å². The first-order valence-corrected chi connectivity index (χ1v) is 3.67. The predicted octanol–water partition coefficient (Wildman–Crippen LogP) is -0.571. The summed E-state index contributed by atoms with van der Waals surface area (Å²) in [6.45, 7) is 2.72. The fraction of sp³-hybridized carbons (Fsp3) is 0.714. The van der Waals surface area contributed by atoms with Crippen LogP contribution >= 0.6 is 0 Å². The molecular formula is C7H14N2O2. The molecule has 64 valence electrons. The second-order valence-corrected chi connectivity index (χ2v) is 2.37. The molecule has 0 aliphatic rings. The number of amides is 1. The van der Waals surface area contributed by atoms with Crippen molar-refractivity contribution in [2.75, 3.05) is 6.54 Å². The Labute approximate surface area is 66.1 Å². The van der Waals surface area contributed by atoms with Crippen LogP contribution in [0.4, 0.5) is 0 Å². The summed E-state index contributed by atoms with van der Waals surface area (Å²) in [4.78, 5) is 20.6. The molecule has 4 nitrogen and oxygen atoms in total. The Morgan fingerprint density at radius 3 is 2.73 bits per heavy atom. The summed E-state index contributed by atoms with van der Waals surface area (Å²) in [6.07, 6.45) is 1.73. The molecule has 1 atom stereocenters. The quantitative estimate of drug-likeness (QED) is 0.508. The van der Waals surface area contributed by atoms with E-state index in [2.05, 4.69) is 5.32 Å². The molecule has 0 spiro atoms. The van der Waals surface area contributed by atoms with Crippen molar-refractivity contribution in [1.82, 2.24) is 5.32 Å². The molecule has 0 radical (unpaired) electrons. The Morgan fingerprint density at radius 1 is 1.73 bits per heavy atom. The average Bonchev–Trinajstić information content (AvgIpc) is 1.97. The Morgan fingerprint density at radius 2 is 2.36 bits per heavy atom. The van der Waals surface area contributed by atoms with Crippen molar-refractivity contribution in [3.63, 3.8) is 0 Å². The van der Waals surface area contributed by atoms with Gasteiger partial charge in [-0.25, -0.2) is 0 Å². The first kappa shape index (κ1) is 10.1. The van der Waals surface area contributed by atoms with Crippen molar-refractivity contribution < 1.29 is 9.59 Å². The minimum Gasteiger partial charge on any atom is -0.370 e. The fourth-order valence-corrected chi connectivity index (χ4v) is 0.715. The Bertz CT molecular complexity index is 136. The number of hydrogen-bond donors (Lipinski definition) is 2. The van der Waals surface area contributed by atoms with Gasteiger partial charge in [0.15, 0.2) is 0 Å². The average molecular weight is 158 g/mol. The van der Waals surface area contributed by atoms with Gasteiger partial charge in [-0.3, -0.25) is 4.79 Å². The normalized spacial score (nSPS) is 12.5. The molecule has 0 heterocycles. The minimum absolute atomic E-state index is 0.0868. The Hall–Kier alpha value is -0.900. The number of hydrogen-bond acceptors (Lipinski definition) is 3. The zero-order chi connectivity index (χ0) is 8.69. The molecule has 0 aromatic carbocycles. The topological polar surface area (TPSA) is 72.2 Å². The third kappa shape index (κ3) is 5.54. The fourth-order valence-electron chi connectivity index (χ4n) is 0.715. The number of primary amides is 1. The standard InChI is InChI=1S/C7H14N2O2/c1-2-3-9-6(5-10)4-7(8)11/h5-6,9H,2-4H2,1H3,(H2,8,11)/t6-/m0/s1. The molecule has 0 aliphatic heterocycles. The van der Waals surface area contributed by atoms with Crippen LogP contribution in [0.2, 0.25) is 0 Å². The van der Waals surface area contributed by atoms with Crippen molar-refractivity contribution in [1.29, 1.82) is 0 Å². The van der Waals surface area contributed by atoms with Crippen molar-refractivity contribution in [3.8, 4) is 0 Å². The summed E-state index contributed by atoms with van der Waals surface area (Å²) < 4.78 is 0.